The summed E-state index contributed by atoms with van der Waals surface area (Å²) in [6.45, 7) is 5.70. The second-order valence-electron chi connectivity index (χ2n) is 4.85. The largest absolute Gasteiger partial charge is 0.330 e. The fraction of sp³-hybridized carbons (Fsp3) is 0.750. The van der Waals surface area contributed by atoms with E-state index in [2.05, 4.69) is 5.32 Å². The van der Waals surface area contributed by atoms with Gasteiger partial charge in [-0.25, -0.2) is 4.79 Å². The molecular weight excluding hydrogens is 220 g/mol. The van der Waals surface area contributed by atoms with Crippen molar-refractivity contribution in [3.63, 3.8) is 0 Å². The van der Waals surface area contributed by atoms with Crippen LogP contribution in [0.15, 0.2) is 0 Å². The molecule has 1 aliphatic rings. The van der Waals surface area contributed by atoms with Gasteiger partial charge in [-0.15, -0.1) is 0 Å². The zero-order chi connectivity index (χ0) is 13.2. The summed E-state index contributed by atoms with van der Waals surface area (Å²) in [5.41, 5.74) is -1.08. The number of unbranched alkanes of at least 4 members (excludes halogenated alkanes) is 1. The standard InChI is InChI=1S/C12H20N2O3/c1-5-6-7-12(8(2)3)9(15)13-11(17)14(4)10(12)16/h8H,5-7H2,1-4H3,(H,13,15,17). The Labute approximate surface area is 102 Å². The number of urea groups is 1. The monoisotopic (exact) mass is 240 g/mol. The summed E-state index contributed by atoms with van der Waals surface area (Å²) in [7, 11) is 1.41. The van der Waals surface area contributed by atoms with E-state index in [1.54, 1.807) is 0 Å². The molecule has 0 aromatic rings. The van der Waals surface area contributed by atoms with Gasteiger partial charge >= 0.3 is 6.03 Å². The minimum Gasteiger partial charge on any atom is -0.277 e. The molecule has 1 aliphatic heterocycles. The number of hydrogen-bond donors (Lipinski definition) is 1. The molecule has 96 valence electrons. The molecule has 1 fully saturated rings. The molecule has 0 bridgehead atoms. The lowest BCUT2D eigenvalue weighted by Crippen LogP contribution is -2.64. The zero-order valence-electron chi connectivity index (χ0n) is 10.9. The first-order valence-electron chi connectivity index (χ1n) is 6.01. The average molecular weight is 240 g/mol. The second-order valence-corrected chi connectivity index (χ2v) is 4.85. The lowest BCUT2D eigenvalue weighted by molar-refractivity contribution is -0.154. The number of rotatable bonds is 4. The van der Waals surface area contributed by atoms with E-state index in [0.717, 1.165) is 17.7 Å². The Morgan fingerprint density at radius 2 is 1.88 bits per heavy atom. The molecule has 1 N–H and O–H groups in total. The predicted octanol–water partition coefficient (Wildman–Crippen LogP) is 1.53. The van der Waals surface area contributed by atoms with Crippen molar-refractivity contribution >= 4 is 17.8 Å². The van der Waals surface area contributed by atoms with Crippen LogP contribution in [0.2, 0.25) is 0 Å². The first-order valence-corrected chi connectivity index (χ1v) is 6.01. The fourth-order valence-corrected chi connectivity index (χ4v) is 2.26. The van der Waals surface area contributed by atoms with Gasteiger partial charge in [0.25, 0.3) is 0 Å². The number of carbonyl (C=O) groups is 3. The van der Waals surface area contributed by atoms with Gasteiger partial charge in [0.05, 0.1) is 0 Å². The summed E-state index contributed by atoms with van der Waals surface area (Å²) in [4.78, 5) is 36.7. The van der Waals surface area contributed by atoms with Crippen molar-refractivity contribution < 1.29 is 14.4 Å². The third kappa shape index (κ3) is 2.06. The molecule has 17 heavy (non-hydrogen) atoms. The highest BCUT2D eigenvalue weighted by atomic mass is 16.2. The van der Waals surface area contributed by atoms with Crippen molar-refractivity contribution in [2.45, 2.75) is 40.0 Å². The SMILES string of the molecule is CCCCC1(C(C)C)C(=O)NC(=O)N(C)C1=O. The van der Waals surface area contributed by atoms with Crippen molar-refractivity contribution in [2.24, 2.45) is 11.3 Å². The van der Waals surface area contributed by atoms with Gasteiger partial charge < -0.3 is 0 Å². The lowest BCUT2D eigenvalue weighted by atomic mass is 9.70. The van der Waals surface area contributed by atoms with E-state index in [-0.39, 0.29) is 11.8 Å². The van der Waals surface area contributed by atoms with Gasteiger partial charge in [0.1, 0.15) is 5.41 Å². The van der Waals surface area contributed by atoms with Crippen molar-refractivity contribution in [1.82, 2.24) is 10.2 Å². The molecule has 1 saturated heterocycles. The van der Waals surface area contributed by atoms with E-state index in [1.807, 2.05) is 20.8 Å². The number of amides is 4. The molecule has 1 heterocycles. The van der Waals surface area contributed by atoms with Crippen LogP contribution < -0.4 is 5.32 Å². The summed E-state index contributed by atoms with van der Waals surface area (Å²) < 4.78 is 0. The third-order valence-corrected chi connectivity index (χ3v) is 3.53. The maximum absolute atomic E-state index is 12.3. The van der Waals surface area contributed by atoms with Crippen LogP contribution in [0.25, 0.3) is 0 Å². The van der Waals surface area contributed by atoms with E-state index < -0.39 is 17.4 Å². The highest BCUT2D eigenvalue weighted by molar-refractivity contribution is 6.19. The van der Waals surface area contributed by atoms with Gasteiger partial charge in [0.2, 0.25) is 11.8 Å². The first kappa shape index (κ1) is 13.7. The highest BCUT2D eigenvalue weighted by Crippen LogP contribution is 2.37. The lowest BCUT2D eigenvalue weighted by Gasteiger charge is -2.40. The van der Waals surface area contributed by atoms with Gasteiger partial charge in [-0.05, 0) is 12.3 Å². The quantitative estimate of drug-likeness (QED) is 0.758. The van der Waals surface area contributed by atoms with E-state index in [0.29, 0.717) is 6.42 Å². The summed E-state index contributed by atoms with van der Waals surface area (Å²) in [5.74, 6) is -0.958. The van der Waals surface area contributed by atoms with Crippen molar-refractivity contribution in [1.29, 1.82) is 0 Å². The molecule has 4 amide bonds. The molecule has 1 unspecified atom stereocenters. The molecule has 1 rings (SSSR count). The molecule has 0 radical (unpaired) electrons. The smallest absolute Gasteiger partial charge is 0.277 e. The van der Waals surface area contributed by atoms with Crippen LogP contribution in [-0.4, -0.2) is 29.8 Å². The van der Waals surface area contributed by atoms with Crippen LogP contribution in [0.3, 0.4) is 0 Å². The summed E-state index contributed by atoms with van der Waals surface area (Å²) in [5, 5.41) is 2.27. The molecule has 0 saturated carbocycles. The Kier molecular flexibility index (Phi) is 3.91. The normalized spacial score (nSPS) is 25.5. The maximum atomic E-state index is 12.3. The molecular formula is C12H20N2O3. The average Bonchev–Trinajstić information content (AvgIpc) is 2.26. The Balaban J connectivity index is 3.13. The van der Waals surface area contributed by atoms with Crippen molar-refractivity contribution in [3.8, 4) is 0 Å². The number of carbonyl (C=O) groups excluding carboxylic acids is 3. The Morgan fingerprint density at radius 1 is 1.29 bits per heavy atom. The molecule has 1 atom stereocenters. The number of hydrogen-bond acceptors (Lipinski definition) is 3. The molecule has 5 nitrogen and oxygen atoms in total. The van der Waals surface area contributed by atoms with Crippen LogP contribution in [-0.2, 0) is 9.59 Å². The van der Waals surface area contributed by atoms with Crippen LogP contribution >= 0.6 is 0 Å². The molecule has 0 aliphatic carbocycles. The van der Waals surface area contributed by atoms with Crippen LogP contribution in [0, 0.1) is 11.3 Å². The second kappa shape index (κ2) is 4.85. The van der Waals surface area contributed by atoms with Crippen LogP contribution in [0.4, 0.5) is 4.79 Å². The highest BCUT2D eigenvalue weighted by Gasteiger charge is 2.54. The van der Waals surface area contributed by atoms with Crippen molar-refractivity contribution in [3.05, 3.63) is 0 Å². The number of barbiturate groups is 1. The molecule has 0 aromatic carbocycles. The minimum absolute atomic E-state index is 0.128. The van der Waals surface area contributed by atoms with Gasteiger partial charge in [0.15, 0.2) is 0 Å². The summed E-state index contributed by atoms with van der Waals surface area (Å²) in [6, 6.07) is -0.632. The number of nitrogens with zero attached hydrogens (tertiary/aromatic N) is 1. The van der Waals surface area contributed by atoms with E-state index in [1.165, 1.54) is 7.05 Å². The van der Waals surface area contributed by atoms with Crippen LogP contribution in [0.5, 0.6) is 0 Å². The number of imide groups is 2. The molecule has 5 heteroatoms. The van der Waals surface area contributed by atoms with Crippen molar-refractivity contribution in [2.75, 3.05) is 7.05 Å². The molecule has 0 aromatic heterocycles. The Hall–Kier alpha value is -1.39. The minimum atomic E-state index is -1.08. The van der Waals surface area contributed by atoms with E-state index >= 15 is 0 Å². The van der Waals surface area contributed by atoms with Gasteiger partial charge in [-0.1, -0.05) is 33.6 Å². The maximum Gasteiger partial charge on any atom is 0.330 e. The summed E-state index contributed by atoms with van der Waals surface area (Å²) in [6.07, 6.45) is 2.19. The Morgan fingerprint density at radius 3 is 2.35 bits per heavy atom. The molecule has 0 spiro atoms. The predicted molar refractivity (Wildman–Crippen MR) is 63.1 cm³/mol. The number of nitrogens with one attached hydrogen (secondary N) is 1. The van der Waals surface area contributed by atoms with Crippen LogP contribution in [0.1, 0.15) is 40.0 Å². The Bertz CT molecular complexity index is 352. The third-order valence-electron chi connectivity index (χ3n) is 3.53. The van der Waals surface area contributed by atoms with Gasteiger partial charge in [-0.2, -0.15) is 0 Å². The zero-order valence-corrected chi connectivity index (χ0v) is 10.9. The van der Waals surface area contributed by atoms with E-state index in [4.69, 9.17) is 0 Å². The van der Waals surface area contributed by atoms with Gasteiger partial charge in [0, 0.05) is 7.05 Å². The fourth-order valence-electron chi connectivity index (χ4n) is 2.26. The van der Waals surface area contributed by atoms with Gasteiger partial charge in [-0.3, -0.25) is 19.8 Å². The topological polar surface area (TPSA) is 66.5 Å². The first-order chi connectivity index (χ1) is 7.87. The summed E-state index contributed by atoms with van der Waals surface area (Å²) >= 11 is 0. The van der Waals surface area contributed by atoms with E-state index in [9.17, 15) is 14.4 Å².